The molecule has 0 aromatic heterocycles. The topological polar surface area (TPSA) is 9.23 Å². The van der Waals surface area contributed by atoms with Crippen LogP contribution in [0.15, 0.2) is 24.3 Å². The molecular weight excluding hydrogens is 156 g/mol. The monoisotopic (exact) mass is 168 g/mol. The lowest BCUT2D eigenvalue weighted by Gasteiger charge is -2.11. The minimum Gasteiger partial charge on any atom is -0.359 e. The highest BCUT2D eigenvalue weighted by molar-refractivity contribution is 8.08. The molecule has 1 nitrogen and oxygen atoms in total. The van der Waals surface area contributed by atoms with E-state index in [9.17, 15) is 0 Å². The maximum Gasteiger partial charge on any atom is 0.148 e. The molecule has 1 aliphatic heterocycles. The van der Waals surface area contributed by atoms with Crippen LogP contribution in [0.5, 0.6) is 0 Å². The summed E-state index contributed by atoms with van der Waals surface area (Å²) in [5.41, 5.74) is 0. The normalized spacial score (nSPS) is 38.8. The molecular formula is C9H12OS. The summed E-state index contributed by atoms with van der Waals surface area (Å²) >= 11 is 1.89. The van der Waals surface area contributed by atoms with E-state index in [2.05, 4.69) is 31.2 Å². The molecule has 0 saturated carbocycles. The number of hydrogen-bond donors (Lipinski definition) is 0. The van der Waals surface area contributed by atoms with Crippen molar-refractivity contribution in [1.29, 1.82) is 0 Å². The molecule has 0 bridgehead atoms. The van der Waals surface area contributed by atoms with E-state index in [1.807, 2.05) is 11.8 Å². The number of thioether (sulfide) groups is 1. The molecule has 2 aliphatic rings. The molecule has 0 spiro atoms. The second-order valence-corrected chi connectivity index (χ2v) is 4.23. The van der Waals surface area contributed by atoms with Crippen molar-refractivity contribution in [3.63, 3.8) is 0 Å². The number of rotatable bonds is 3. The third kappa shape index (κ3) is 1.25. The second kappa shape index (κ2) is 2.68. The van der Waals surface area contributed by atoms with Gasteiger partial charge in [-0.3, -0.25) is 0 Å². The molecule has 2 heteroatoms. The lowest BCUT2D eigenvalue weighted by molar-refractivity contribution is 0.0871. The van der Waals surface area contributed by atoms with Gasteiger partial charge in [0.2, 0.25) is 0 Å². The van der Waals surface area contributed by atoms with Crippen LogP contribution in [-0.4, -0.2) is 16.8 Å². The highest BCUT2D eigenvalue weighted by atomic mass is 32.2. The van der Waals surface area contributed by atoms with Gasteiger partial charge in [0.05, 0.1) is 5.25 Å². The molecule has 0 radical (unpaired) electrons. The van der Waals surface area contributed by atoms with Crippen LogP contribution in [0.4, 0.5) is 0 Å². The van der Waals surface area contributed by atoms with E-state index in [1.54, 1.807) is 0 Å². The Balaban J connectivity index is 1.94. The van der Waals surface area contributed by atoms with E-state index in [0.29, 0.717) is 5.25 Å². The Kier molecular flexibility index (Phi) is 1.81. The molecule has 1 heterocycles. The van der Waals surface area contributed by atoms with Gasteiger partial charge in [-0.1, -0.05) is 25.2 Å². The Morgan fingerprint density at radius 3 is 3.18 bits per heavy atom. The van der Waals surface area contributed by atoms with Crippen molar-refractivity contribution in [1.82, 2.24) is 0 Å². The number of hydrogen-bond acceptors (Lipinski definition) is 2. The zero-order valence-corrected chi connectivity index (χ0v) is 7.43. The summed E-state index contributed by atoms with van der Waals surface area (Å²) in [7, 11) is 0. The Morgan fingerprint density at radius 2 is 2.45 bits per heavy atom. The Labute approximate surface area is 71.5 Å². The van der Waals surface area contributed by atoms with Crippen LogP contribution in [-0.2, 0) is 4.74 Å². The van der Waals surface area contributed by atoms with Gasteiger partial charge < -0.3 is 4.74 Å². The number of allylic oxidation sites excluding steroid dienone is 2. The van der Waals surface area contributed by atoms with Gasteiger partial charge in [0.15, 0.2) is 0 Å². The summed E-state index contributed by atoms with van der Waals surface area (Å²) in [5.74, 6) is 0. The Hall–Kier alpha value is -0.210. The predicted molar refractivity (Wildman–Crippen MR) is 48.6 cm³/mol. The maximum absolute atomic E-state index is 5.72. The van der Waals surface area contributed by atoms with Crippen LogP contribution in [0.1, 0.15) is 13.3 Å². The van der Waals surface area contributed by atoms with Gasteiger partial charge in [-0.15, -0.1) is 11.8 Å². The van der Waals surface area contributed by atoms with E-state index in [1.165, 1.54) is 0 Å². The molecule has 0 aromatic rings. The fraction of sp³-hybridized carbons (Fsp3) is 0.556. The maximum atomic E-state index is 5.72. The SMILES string of the molecule is CCCOC12C=CC=CC1S2. The first-order valence-electron chi connectivity index (χ1n) is 4.05. The number of ether oxygens (including phenoxy) is 1. The van der Waals surface area contributed by atoms with Gasteiger partial charge in [-0.25, -0.2) is 0 Å². The molecule has 11 heavy (non-hydrogen) atoms. The third-order valence-electron chi connectivity index (χ3n) is 1.91. The first kappa shape index (κ1) is 7.44. The third-order valence-corrected chi connectivity index (χ3v) is 3.29. The summed E-state index contributed by atoms with van der Waals surface area (Å²) in [6, 6.07) is 0. The number of fused-ring (bicyclic) bond motifs is 1. The Morgan fingerprint density at radius 1 is 1.55 bits per heavy atom. The summed E-state index contributed by atoms with van der Waals surface area (Å²) in [5, 5.41) is 0.596. The van der Waals surface area contributed by atoms with Gasteiger partial charge >= 0.3 is 0 Å². The van der Waals surface area contributed by atoms with Gasteiger partial charge in [-0.2, -0.15) is 0 Å². The first-order chi connectivity index (χ1) is 5.37. The van der Waals surface area contributed by atoms with E-state index in [-0.39, 0.29) is 4.93 Å². The quantitative estimate of drug-likeness (QED) is 0.598. The first-order valence-corrected chi connectivity index (χ1v) is 4.93. The Bertz CT molecular complexity index is 210. The smallest absolute Gasteiger partial charge is 0.148 e. The molecule has 0 aromatic carbocycles. The van der Waals surface area contributed by atoms with Crippen LogP contribution in [0.25, 0.3) is 0 Å². The van der Waals surface area contributed by atoms with Gasteiger partial charge in [-0.05, 0) is 12.5 Å². The summed E-state index contributed by atoms with van der Waals surface area (Å²) in [4.78, 5) is 0.0464. The molecule has 0 amide bonds. The van der Waals surface area contributed by atoms with Crippen LogP contribution in [0, 0.1) is 0 Å². The van der Waals surface area contributed by atoms with Crippen LogP contribution in [0.2, 0.25) is 0 Å². The van der Waals surface area contributed by atoms with Crippen molar-refractivity contribution in [3.8, 4) is 0 Å². The van der Waals surface area contributed by atoms with Gasteiger partial charge in [0, 0.05) is 6.61 Å². The highest BCUT2D eigenvalue weighted by Gasteiger charge is 2.54. The molecule has 60 valence electrons. The predicted octanol–water partition coefficient (Wildman–Crippen LogP) is 2.35. The van der Waals surface area contributed by atoms with Crippen molar-refractivity contribution in [2.75, 3.05) is 6.61 Å². The molecule has 1 fully saturated rings. The van der Waals surface area contributed by atoms with Gasteiger partial charge in [0.1, 0.15) is 4.93 Å². The summed E-state index contributed by atoms with van der Waals surface area (Å²) < 4.78 is 5.72. The van der Waals surface area contributed by atoms with Crippen molar-refractivity contribution >= 4 is 11.8 Å². The van der Waals surface area contributed by atoms with E-state index in [0.717, 1.165) is 13.0 Å². The van der Waals surface area contributed by atoms with E-state index < -0.39 is 0 Å². The fourth-order valence-electron chi connectivity index (χ4n) is 1.25. The lowest BCUT2D eigenvalue weighted by atomic mass is 10.1. The van der Waals surface area contributed by atoms with Gasteiger partial charge in [0.25, 0.3) is 0 Å². The van der Waals surface area contributed by atoms with E-state index >= 15 is 0 Å². The summed E-state index contributed by atoms with van der Waals surface area (Å²) in [6.07, 6.45) is 9.65. The van der Waals surface area contributed by atoms with E-state index in [4.69, 9.17) is 4.74 Å². The minimum absolute atomic E-state index is 0.0464. The average molecular weight is 168 g/mol. The van der Waals surface area contributed by atoms with Crippen molar-refractivity contribution in [3.05, 3.63) is 24.3 Å². The van der Waals surface area contributed by atoms with Crippen molar-refractivity contribution < 1.29 is 4.74 Å². The van der Waals surface area contributed by atoms with Crippen LogP contribution >= 0.6 is 11.8 Å². The molecule has 2 atom stereocenters. The van der Waals surface area contributed by atoms with Crippen molar-refractivity contribution in [2.24, 2.45) is 0 Å². The average Bonchev–Trinajstić information content (AvgIpc) is 2.75. The minimum atomic E-state index is 0.0464. The second-order valence-electron chi connectivity index (χ2n) is 2.85. The zero-order valence-electron chi connectivity index (χ0n) is 6.62. The molecule has 2 unspecified atom stereocenters. The standard InChI is InChI=1S/C9H12OS/c1-2-7-10-9-6-4-3-5-8(9)11-9/h3-6,8H,2,7H2,1H3. The molecule has 1 saturated heterocycles. The summed E-state index contributed by atoms with van der Waals surface area (Å²) in [6.45, 7) is 3.02. The highest BCUT2D eigenvalue weighted by Crippen LogP contribution is 2.57. The van der Waals surface area contributed by atoms with Crippen LogP contribution < -0.4 is 0 Å². The zero-order chi connectivity index (χ0) is 7.73. The largest absolute Gasteiger partial charge is 0.359 e. The lowest BCUT2D eigenvalue weighted by Crippen LogP contribution is -2.17. The van der Waals surface area contributed by atoms with Crippen molar-refractivity contribution in [2.45, 2.75) is 23.5 Å². The van der Waals surface area contributed by atoms with Crippen LogP contribution in [0.3, 0.4) is 0 Å². The molecule has 1 aliphatic carbocycles. The molecule has 0 N–H and O–H groups in total. The molecule has 2 rings (SSSR count). The fourth-order valence-corrected chi connectivity index (χ4v) is 2.28.